The Morgan fingerprint density at radius 3 is 2.60 bits per heavy atom. The van der Waals surface area contributed by atoms with Gasteiger partial charge in [-0.1, -0.05) is 30.3 Å². The van der Waals surface area contributed by atoms with Crippen LogP contribution in [0.4, 0.5) is 0 Å². The third kappa shape index (κ3) is 2.79. The highest BCUT2D eigenvalue weighted by molar-refractivity contribution is 6.01. The number of rotatable bonds is 4. The van der Waals surface area contributed by atoms with Gasteiger partial charge in [0.05, 0.1) is 25.7 Å². The third-order valence-electron chi connectivity index (χ3n) is 3.03. The molecule has 0 N–H and O–H groups in total. The zero-order valence-electron chi connectivity index (χ0n) is 11.5. The topological polar surface area (TPSA) is 52.6 Å². The Kier molecular flexibility index (Phi) is 4.35. The van der Waals surface area contributed by atoms with Crippen LogP contribution < -0.4 is 0 Å². The normalized spacial score (nSPS) is 10.3. The summed E-state index contributed by atoms with van der Waals surface area (Å²) in [5, 5.41) is 0. The Morgan fingerprint density at radius 2 is 1.90 bits per heavy atom. The molecule has 104 valence electrons. The van der Waals surface area contributed by atoms with E-state index in [0.717, 1.165) is 11.1 Å². The van der Waals surface area contributed by atoms with E-state index in [4.69, 9.17) is 4.74 Å². The van der Waals surface area contributed by atoms with Crippen LogP contribution in [-0.2, 0) is 20.7 Å². The van der Waals surface area contributed by atoms with E-state index < -0.39 is 5.97 Å². The molecule has 0 atom stereocenters. The van der Waals surface area contributed by atoms with Crippen LogP contribution in [0.3, 0.4) is 0 Å². The van der Waals surface area contributed by atoms with Gasteiger partial charge in [-0.15, -0.1) is 0 Å². The van der Waals surface area contributed by atoms with Crippen molar-refractivity contribution in [2.45, 2.75) is 13.3 Å². The molecule has 0 unspecified atom stereocenters. The molecule has 0 spiro atoms. The standard InChI is InChI=1S/C16H16O4/c1-3-20-16(18)15-12(10-14(17)19-2)9-11-7-5-4-6-8-13(11)15/h4-9H,3,10H2,1-2H3. The average molecular weight is 272 g/mol. The molecule has 0 heterocycles. The van der Waals surface area contributed by atoms with Gasteiger partial charge >= 0.3 is 11.9 Å². The molecule has 2 rings (SSSR count). The van der Waals surface area contributed by atoms with Gasteiger partial charge in [0.15, 0.2) is 0 Å². The van der Waals surface area contributed by atoms with E-state index in [-0.39, 0.29) is 12.4 Å². The Balaban J connectivity index is 2.53. The van der Waals surface area contributed by atoms with Gasteiger partial charge in [0, 0.05) is 0 Å². The summed E-state index contributed by atoms with van der Waals surface area (Å²) in [5.41, 5.74) is 2.77. The number of hydrogen-bond donors (Lipinski definition) is 0. The fourth-order valence-electron chi connectivity index (χ4n) is 2.16. The van der Waals surface area contributed by atoms with Crippen molar-refractivity contribution in [2.75, 3.05) is 13.7 Å². The van der Waals surface area contributed by atoms with Gasteiger partial charge in [-0.25, -0.2) is 4.79 Å². The maximum absolute atomic E-state index is 12.1. The van der Waals surface area contributed by atoms with Gasteiger partial charge in [-0.05, 0) is 29.7 Å². The quantitative estimate of drug-likeness (QED) is 0.803. The maximum Gasteiger partial charge on any atom is 0.339 e. The summed E-state index contributed by atoms with van der Waals surface area (Å²) in [6.07, 6.45) is 0.0586. The molecule has 4 nitrogen and oxygen atoms in total. The molecule has 0 aliphatic heterocycles. The molecule has 2 aliphatic carbocycles. The molecule has 0 fully saturated rings. The zero-order valence-corrected chi connectivity index (χ0v) is 11.5. The second-order valence-electron chi connectivity index (χ2n) is 4.30. The predicted octanol–water partition coefficient (Wildman–Crippen LogP) is 2.68. The summed E-state index contributed by atoms with van der Waals surface area (Å²) < 4.78 is 9.76. The molecule has 0 saturated carbocycles. The molecule has 0 aromatic rings. The smallest absolute Gasteiger partial charge is 0.339 e. The molecule has 2 aliphatic rings. The summed E-state index contributed by atoms with van der Waals surface area (Å²) in [7, 11) is 1.33. The lowest BCUT2D eigenvalue weighted by Gasteiger charge is -2.05. The molecule has 0 amide bonds. The Hall–Kier alpha value is -2.36. The highest BCUT2D eigenvalue weighted by atomic mass is 16.5. The SMILES string of the molecule is CCOC(=O)c1c(CC(=O)OC)cc2cccccc1-2. The number of fused-ring (bicyclic) bond motifs is 1. The van der Waals surface area contributed by atoms with Crippen LogP contribution in [0, 0.1) is 0 Å². The zero-order chi connectivity index (χ0) is 14.5. The molecule has 0 aromatic carbocycles. The largest absolute Gasteiger partial charge is 0.469 e. The van der Waals surface area contributed by atoms with Crippen molar-refractivity contribution in [1.29, 1.82) is 0 Å². The van der Waals surface area contributed by atoms with E-state index in [2.05, 4.69) is 4.74 Å². The van der Waals surface area contributed by atoms with E-state index in [1.807, 2.05) is 36.4 Å². The van der Waals surface area contributed by atoms with Gasteiger partial charge in [-0.2, -0.15) is 0 Å². The summed E-state index contributed by atoms with van der Waals surface area (Å²) in [6.45, 7) is 2.05. The molecular weight excluding hydrogens is 256 g/mol. The van der Waals surface area contributed by atoms with Crippen LogP contribution in [0.2, 0.25) is 0 Å². The monoisotopic (exact) mass is 272 g/mol. The van der Waals surface area contributed by atoms with E-state index in [0.29, 0.717) is 17.7 Å². The first-order valence-electron chi connectivity index (χ1n) is 6.42. The average Bonchev–Trinajstić information content (AvgIpc) is 2.60. The number of carbonyl (C=O) groups excluding carboxylic acids is 2. The highest BCUT2D eigenvalue weighted by Crippen LogP contribution is 2.32. The fraction of sp³-hybridized carbons (Fsp3) is 0.250. The van der Waals surface area contributed by atoms with Crippen molar-refractivity contribution in [3.05, 3.63) is 47.5 Å². The lowest BCUT2D eigenvalue weighted by atomic mass is 10.1. The summed E-state index contributed by atoms with van der Waals surface area (Å²) in [5.74, 6) is -0.789. The van der Waals surface area contributed by atoms with E-state index >= 15 is 0 Å². The summed E-state index contributed by atoms with van der Waals surface area (Å²) in [4.78, 5) is 23.6. The molecule has 0 saturated heterocycles. The van der Waals surface area contributed by atoms with Gasteiger partial charge in [0.25, 0.3) is 0 Å². The number of ether oxygens (including phenoxy) is 2. The molecule has 0 bridgehead atoms. The van der Waals surface area contributed by atoms with Crippen LogP contribution in [-0.4, -0.2) is 25.7 Å². The van der Waals surface area contributed by atoms with Crippen LogP contribution >= 0.6 is 0 Å². The summed E-state index contributed by atoms with van der Waals surface area (Å²) in [6, 6.07) is 11.2. The Bertz CT molecular complexity index is 604. The second-order valence-corrected chi connectivity index (χ2v) is 4.30. The third-order valence-corrected chi connectivity index (χ3v) is 3.03. The van der Waals surface area contributed by atoms with Crippen molar-refractivity contribution < 1.29 is 19.1 Å². The fourth-order valence-corrected chi connectivity index (χ4v) is 2.16. The van der Waals surface area contributed by atoms with Crippen LogP contribution in [0.5, 0.6) is 0 Å². The first kappa shape index (κ1) is 14.1. The van der Waals surface area contributed by atoms with Crippen molar-refractivity contribution in [1.82, 2.24) is 0 Å². The number of carbonyl (C=O) groups is 2. The summed E-state index contributed by atoms with van der Waals surface area (Å²) >= 11 is 0. The van der Waals surface area contributed by atoms with Crippen molar-refractivity contribution in [3.63, 3.8) is 0 Å². The Labute approximate surface area is 117 Å². The van der Waals surface area contributed by atoms with Crippen LogP contribution in [0.25, 0.3) is 11.1 Å². The van der Waals surface area contributed by atoms with Gasteiger partial charge in [0.1, 0.15) is 0 Å². The molecule has 0 aromatic heterocycles. The van der Waals surface area contributed by atoms with Crippen LogP contribution in [0.15, 0.2) is 36.4 Å². The van der Waals surface area contributed by atoms with E-state index in [1.54, 1.807) is 6.92 Å². The number of esters is 2. The van der Waals surface area contributed by atoms with Crippen molar-refractivity contribution in [2.24, 2.45) is 0 Å². The van der Waals surface area contributed by atoms with E-state index in [9.17, 15) is 9.59 Å². The van der Waals surface area contributed by atoms with E-state index in [1.165, 1.54) is 7.11 Å². The number of methoxy groups -OCH3 is 1. The minimum Gasteiger partial charge on any atom is -0.469 e. The highest BCUT2D eigenvalue weighted by Gasteiger charge is 2.23. The molecular formula is C16H16O4. The minimum absolute atomic E-state index is 0.0586. The predicted molar refractivity (Wildman–Crippen MR) is 74.7 cm³/mol. The van der Waals surface area contributed by atoms with Gasteiger partial charge in [0.2, 0.25) is 0 Å². The lowest BCUT2D eigenvalue weighted by Crippen LogP contribution is -2.10. The first-order valence-corrected chi connectivity index (χ1v) is 6.42. The second kappa shape index (κ2) is 6.19. The van der Waals surface area contributed by atoms with Crippen molar-refractivity contribution >= 4 is 11.9 Å². The van der Waals surface area contributed by atoms with Gasteiger partial charge < -0.3 is 9.47 Å². The Morgan fingerprint density at radius 1 is 1.15 bits per heavy atom. The number of hydrogen-bond acceptors (Lipinski definition) is 4. The maximum atomic E-state index is 12.1. The molecule has 0 radical (unpaired) electrons. The molecule has 20 heavy (non-hydrogen) atoms. The van der Waals surface area contributed by atoms with Gasteiger partial charge in [-0.3, -0.25) is 4.79 Å². The molecule has 4 heteroatoms. The van der Waals surface area contributed by atoms with Crippen LogP contribution in [0.1, 0.15) is 22.8 Å². The van der Waals surface area contributed by atoms with Crippen molar-refractivity contribution in [3.8, 4) is 11.1 Å². The minimum atomic E-state index is -0.410. The lowest BCUT2D eigenvalue weighted by molar-refractivity contribution is -0.139. The first-order chi connectivity index (χ1) is 9.67.